The molecule has 3 aliphatic rings. The average Bonchev–Trinajstić information content (AvgIpc) is 3.31. The van der Waals surface area contributed by atoms with Gasteiger partial charge >= 0.3 is 0 Å². The Labute approximate surface area is 128 Å². The standard InChI is InChI=1S/C16H28N2O.ClH/c1-16(10-17,12-7-8-12)18-15(19)14-9-13(14)11-5-3-2-4-6-11;/h11-14H,2-10,17H2,1H3,(H,18,19);1H. The lowest BCUT2D eigenvalue weighted by atomic mass is 9.85. The van der Waals surface area contributed by atoms with Crippen molar-refractivity contribution in [3.63, 3.8) is 0 Å². The van der Waals surface area contributed by atoms with Gasteiger partial charge in [-0.3, -0.25) is 4.79 Å². The maximum Gasteiger partial charge on any atom is 0.223 e. The molecule has 1 amide bonds. The summed E-state index contributed by atoms with van der Waals surface area (Å²) in [6.45, 7) is 2.70. The zero-order valence-electron chi connectivity index (χ0n) is 12.6. The summed E-state index contributed by atoms with van der Waals surface area (Å²) in [5, 5.41) is 3.27. The minimum Gasteiger partial charge on any atom is -0.349 e. The van der Waals surface area contributed by atoms with Crippen molar-refractivity contribution in [1.82, 2.24) is 5.32 Å². The third kappa shape index (κ3) is 3.30. The Morgan fingerprint density at radius 2 is 1.85 bits per heavy atom. The predicted octanol–water partition coefficient (Wildman–Crippen LogP) is 2.87. The molecule has 0 aliphatic heterocycles. The van der Waals surface area contributed by atoms with Gasteiger partial charge in [-0.2, -0.15) is 0 Å². The Hall–Kier alpha value is -0.280. The van der Waals surface area contributed by atoms with E-state index >= 15 is 0 Å². The van der Waals surface area contributed by atoms with E-state index < -0.39 is 0 Å². The number of halogens is 1. The Morgan fingerprint density at radius 3 is 2.40 bits per heavy atom. The lowest BCUT2D eigenvalue weighted by Crippen LogP contribution is -2.53. The molecule has 3 unspecified atom stereocenters. The SMILES string of the molecule is CC(CN)(NC(=O)C1CC1C1CCCCC1)C1CC1.Cl. The molecule has 0 aromatic carbocycles. The molecule has 3 N–H and O–H groups in total. The second-order valence-corrected chi connectivity index (χ2v) is 7.29. The van der Waals surface area contributed by atoms with Crippen molar-refractivity contribution in [2.45, 2.75) is 63.8 Å². The fourth-order valence-electron chi connectivity index (χ4n) is 4.01. The summed E-state index contributed by atoms with van der Waals surface area (Å²) in [6, 6.07) is 0. The number of nitrogens with one attached hydrogen (secondary N) is 1. The number of hydrogen-bond acceptors (Lipinski definition) is 2. The summed E-state index contributed by atoms with van der Waals surface area (Å²) in [7, 11) is 0. The highest BCUT2D eigenvalue weighted by molar-refractivity contribution is 5.85. The van der Waals surface area contributed by atoms with Crippen LogP contribution in [0.3, 0.4) is 0 Å². The number of carbonyl (C=O) groups excluding carboxylic acids is 1. The van der Waals surface area contributed by atoms with E-state index in [4.69, 9.17) is 5.73 Å². The highest BCUT2D eigenvalue weighted by Gasteiger charge is 2.50. The third-order valence-corrected chi connectivity index (χ3v) is 5.74. The van der Waals surface area contributed by atoms with E-state index in [-0.39, 0.29) is 23.9 Å². The number of hydrogen-bond donors (Lipinski definition) is 2. The number of nitrogens with two attached hydrogens (primary N) is 1. The molecule has 3 saturated carbocycles. The Balaban J connectivity index is 0.00000147. The molecule has 3 fully saturated rings. The van der Waals surface area contributed by atoms with E-state index in [1.165, 1.54) is 44.9 Å². The molecule has 3 aliphatic carbocycles. The molecule has 0 bridgehead atoms. The minimum absolute atomic E-state index is 0. The first kappa shape index (κ1) is 16.1. The van der Waals surface area contributed by atoms with Gasteiger partial charge in [0.15, 0.2) is 0 Å². The normalized spacial score (nSPS) is 32.9. The molecular weight excluding hydrogens is 272 g/mol. The zero-order valence-corrected chi connectivity index (χ0v) is 13.4. The molecule has 0 heterocycles. The lowest BCUT2D eigenvalue weighted by molar-refractivity contribution is -0.124. The molecule has 20 heavy (non-hydrogen) atoms. The summed E-state index contributed by atoms with van der Waals surface area (Å²) in [5.74, 6) is 2.72. The molecule has 3 rings (SSSR count). The van der Waals surface area contributed by atoms with Crippen molar-refractivity contribution in [1.29, 1.82) is 0 Å². The van der Waals surface area contributed by atoms with Gasteiger partial charge < -0.3 is 11.1 Å². The van der Waals surface area contributed by atoms with E-state index in [9.17, 15) is 4.79 Å². The fraction of sp³-hybridized carbons (Fsp3) is 0.938. The van der Waals surface area contributed by atoms with Crippen LogP contribution in [0.25, 0.3) is 0 Å². The van der Waals surface area contributed by atoms with Gasteiger partial charge in [0.05, 0.1) is 5.54 Å². The van der Waals surface area contributed by atoms with Gasteiger partial charge in [0.1, 0.15) is 0 Å². The molecule has 0 aromatic heterocycles. The highest BCUT2D eigenvalue weighted by Crippen LogP contribution is 2.50. The largest absolute Gasteiger partial charge is 0.349 e. The smallest absolute Gasteiger partial charge is 0.223 e. The number of amides is 1. The van der Waals surface area contributed by atoms with Crippen molar-refractivity contribution in [2.24, 2.45) is 29.4 Å². The van der Waals surface area contributed by atoms with Gasteiger partial charge in [-0.05, 0) is 43.9 Å². The van der Waals surface area contributed by atoms with Crippen LogP contribution in [0.4, 0.5) is 0 Å². The quantitative estimate of drug-likeness (QED) is 0.820. The van der Waals surface area contributed by atoms with Crippen LogP contribution in [0.15, 0.2) is 0 Å². The average molecular weight is 301 g/mol. The van der Waals surface area contributed by atoms with E-state index in [1.807, 2.05) is 0 Å². The summed E-state index contributed by atoms with van der Waals surface area (Å²) in [5.41, 5.74) is 5.74. The maximum absolute atomic E-state index is 12.4. The molecule has 0 aromatic rings. The highest BCUT2D eigenvalue weighted by atomic mass is 35.5. The van der Waals surface area contributed by atoms with Crippen molar-refractivity contribution < 1.29 is 4.79 Å². The van der Waals surface area contributed by atoms with E-state index in [0.29, 0.717) is 24.3 Å². The monoisotopic (exact) mass is 300 g/mol. The van der Waals surface area contributed by atoms with E-state index in [1.54, 1.807) is 0 Å². The molecule has 0 saturated heterocycles. The van der Waals surface area contributed by atoms with Crippen LogP contribution in [-0.2, 0) is 4.79 Å². The number of rotatable bonds is 5. The van der Waals surface area contributed by atoms with Gasteiger partial charge in [0.25, 0.3) is 0 Å². The summed E-state index contributed by atoms with van der Waals surface area (Å²) < 4.78 is 0. The molecule has 3 nitrogen and oxygen atoms in total. The van der Waals surface area contributed by atoms with Crippen LogP contribution in [0.2, 0.25) is 0 Å². The zero-order chi connectivity index (χ0) is 13.5. The van der Waals surface area contributed by atoms with Crippen molar-refractivity contribution in [2.75, 3.05) is 6.54 Å². The molecule has 0 radical (unpaired) electrons. The second kappa shape index (κ2) is 6.23. The van der Waals surface area contributed by atoms with Crippen LogP contribution in [0.5, 0.6) is 0 Å². The molecular formula is C16H29ClN2O. The Morgan fingerprint density at radius 1 is 1.20 bits per heavy atom. The van der Waals surface area contributed by atoms with Gasteiger partial charge in [0.2, 0.25) is 5.91 Å². The van der Waals surface area contributed by atoms with E-state index in [0.717, 1.165) is 12.3 Å². The predicted molar refractivity (Wildman–Crippen MR) is 83.7 cm³/mol. The second-order valence-electron chi connectivity index (χ2n) is 7.29. The molecule has 4 heteroatoms. The van der Waals surface area contributed by atoms with Crippen LogP contribution in [0, 0.1) is 23.7 Å². The summed E-state index contributed by atoms with van der Waals surface area (Å²) in [6.07, 6.45) is 10.4. The summed E-state index contributed by atoms with van der Waals surface area (Å²) >= 11 is 0. The van der Waals surface area contributed by atoms with Gasteiger partial charge in [-0.25, -0.2) is 0 Å². The van der Waals surface area contributed by atoms with Crippen molar-refractivity contribution >= 4 is 18.3 Å². The lowest BCUT2D eigenvalue weighted by Gasteiger charge is -2.30. The molecule has 0 spiro atoms. The van der Waals surface area contributed by atoms with Crippen LogP contribution >= 0.6 is 12.4 Å². The van der Waals surface area contributed by atoms with Gasteiger partial charge in [-0.1, -0.05) is 32.1 Å². The Bertz CT molecular complexity index is 352. The first-order valence-corrected chi connectivity index (χ1v) is 8.16. The van der Waals surface area contributed by atoms with Crippen molar-refractivity contribution in [3.05, 3.63) is 0 Å². The molecule has 116 valence electrons. The first-order valence-electron chi connectivity index (χ1n) is 8.16. The van der Waals surface area contributed by atoms with Gasteiger partial charge in [0, 0.05) is 12.5 Å². The van der Waals surface area contributed by atoms with Crippen LogP contribution in [-0.4, -0.2) is 18.0 Å². The minimum atomic E-state index is -0.142. The topological polar surface area (TPSA) is 55.1 Å². The van der Waals surface area contributed by atoms with Crippen LogP contribution in [0.1, 0.15) is 58.3 Å². The van der Waals surface area contributed by atoms with Crippen LogP contribution < -0.4 is 11.1 Å². The first-order chi connectivity index (χ1) is 9.14. The van der Waals surface area contributed by atoms with E-state index in [2.05, 4.69) is 12.2 Å². The van der Waals surface area contributed by atoms with Gasteiger partial charge in [-0.15, -0.1) is 12.4 Å². The number of carbonyl (C=O) groups is 1. The fourth-order valence-corrected chi connectivity index (χ4v) is 4.01. The summed E-state index contributed by atoms with van der Waals surface area (Å²) in [4.78, 5) is 12.4. The third-order valence-electron chi connectivity index (χ3n) is 5.74. The maximum atomic E-state index is 12.4. The Kier molecular flexibility index (Phi) is 5.01. The van der Waals surface area contributed by atoms with Crippen molar-refractivity contribution in [3.8, 4) is 0 Å². The molecule has 3 atom stereocenters.